The fraction of sp³-hybridized carbons (Fsp3) is 0.533. The average molecular weight is 237 g/mol. The van der Waals surface area contributed by atoms with E-state index in [0.717, 1.165) is 18.5 Å². The first-order chi connectivity index (χ1) is 8.24. The molecular formula is C15H27NO. The molecule has 0 aliphatic rings. The van der Waals surface area contributed by atoms with E-state index in [2.05, 4.69) is 18.3 Å². The molecule has 0 atom stereocenters. The van der Waals surface area contributed by atoms with Gasteiger partial charge in [-0.15, -0.1) is 0 Å². The lowest BCUT2D eigenvalue weighted by Gasteiger charge is -2.07. The molecule has 0 aliphatic heterocycles. The lowest BCUT2D eigenvalue weighted by atomic mass is 10.1. The third-order valence-electron chi connectivity index (χ3n) is 1.85. The van der Waals surface area contributed by atoms with Gasteiger partial charge in [-0.1, -0.05) is 59.2 Å². The molecule has 2 nitrogen and oxygen atoms in total. The van der Waals surface area contributed by atoms with Crippen LogP contribution in [-0.2, 0) is 11.2 Å². The van der Waals surface area contributed by atoms with E-state index < -0.39 is 0 Å². The molecule has 0 heterocycles. The summed E-state index contributed by atoms with van der Waals surface area (Å²) in [7, 11) is 0. The van der Waals surface area contributed by atoms with Crippen LogP contribution in [0.15, 0.2) is 24.3 Å². The smallest absolute Gasteiger partial charge is 0.221 e. The summed E-state index contributed by atoms with van der Waals surface area (Å²) in [4.78, 5) is 10.9. The van der Waals surface area contributed by atoms with Crippen molar-refractivity contribution in [2.75, 3.05) is 5.32 Å². The monoisotopic (exact) mass is 237 g/mol. The fourth-order valence-corrected chi connectivity index (χ4v) is 1.32. The fourth-order valence-electron chi connectivity index (χ4n) is 1.32. The van der Waals surface area contributed by atoms with Gasteiger partial charge >= 0.3 is 0 Å². The molecule has 1 aromatic carbocycles. The molecule has 0 aromatic heterocycles. The predicted octanol–water partition coefficient (Wildman–Crippen LogP) is 4.65. The van der Waals surface area contributed by atoms with Gasteiger partial charge in [0.2, 0.25) is 5.91 Å². The zero-order valence-electron chi connectivity index (χ0n) is 12.1. The summed E-state index contributed by atoms with van der Waals surface area (Å²) in [6.07, 6.45) is 2.10. The molecule has 98 valence electrons. The summed E-state index contributed by atoms with van der Waals surface area (Å²) in [6.45, 7) is 11.7. The number of carbonyl (C=O) groups is 1. The number of hydrogen-bond donors (Lipinski definition) is 1. The van der Waals surface area contributed by atoms with Gasteiger partial charge in [0.25, 0.3) is 0 Å². The van der Waals surface area contributed by atoms with Gasteiger partial charge in [-0.25, -0.2) is 0 Å². The lowest BCUT2D eigenvalue weighted by molar-refractivity contribution is -0.114. The third kappa shape index (κ3) is 8.49. The number of rotatable bonds is 3. The van der Waals surface area contributed by atoms with Gasteiger partial charge in [-0.3, -0.25) is 4.79 Å². The van der Waals surface area contributed by atoms with E-state index in [1.54, 1.807) is 0 Å². The highest BCUT2D eigenvalue weighted by molar-refractivity contribution is 5.89. The van der Waals surface area contributed by atoms with Crippen molar-refractivity contribution in [3.63, 3.8) is 0 Å². The third-order valence-corrected chi connectivity index (χ3v) is 1.85. The largest absolute Gasteiger partial charge is 0.326 e. The SMILES string of the molecule is CC.CC.CCCc1ccccc1NC(C)=O. The van der Waals surface area contributed by atoms with E-state index in [9.17, 15) is 4.79 Å². The van der Waals surface area contributed by atoms with Crippen LogP contribution in [0.5, 0.6) is 0 Å². The van der Waals surface area contributed by atoms with Crippen LogP contribution >= 0.6 is 0 Å². The van der Waals surface area contributed by atoms with Crippen molar-refractivity contribution in [1.82, 2.24) is 0 Å². The minimum absolute atomic E-state index is 0.0106. The standard InChI is InChI=1S/C11H15NO.2C2H6/c1-3-6-10-7-4-5-8-11(10)12-9(2)13;2*1-2/h4-5,7-8H,3,6H2,1-2H3,(H,12,13);2*1-2H3. The van der Waals surface area contributed by atoms with E-state index >= 15 is 0 Å². The number of para-hydroxylation sites is 1. The molecule has 0 fully saturated rings. The first kappa shape index (κ1) is 18.1. The molecule has 1 aromatic rings. The van der Waals surface area contributed by atoms with Crippen molar-refractivity contribution in [3.05, 3.63) is 29.8 Å². The topological polar surface area (TPSA) is 29.1 Å². The van der Waals surface area contributed by atoms with Gasteiger partial charge in [-0.05, 0) is 18.1 Å². The van der Waals surface area contributed by atoms with E-state index in [4.69, 9.17) is 0 Å². The first-order valence-corrected chi connectivity index (χ1v) is 6.59. The van der Waals surface area contributed by atoms with Crippen molar-refractivity contribution in [2.24, 2.45) is 0 Å². The Morgan fingerprint density at radius 3 is 2.12 bits per heavy atom. The van der Waals surface area contributed by atoms with Gasteiger partial charge in [0.05, 0.1) is 0 Å². The van der Waals surface area contributed by atoms with Crippen LogP contribution in [0.4, 0.5) is 5.69 Å². The highest BCUT2D eigenvalue weighted by atomic mass is 16.1. The zero-order chi connectivity index (χ0) is 13.7. The Balaban J connectivity index is 0. The second-order valence-electron chi connectivity index (χ2n) is 3.09. The van der Waals surface area contributed by atoms with Gasteiger partial charge in [-0.2, -0.15) is 0 Å². The summed E-state index contributed by atoms with van der Waals surface area (Å²) in [5, 5.41) is 2.82. The van der Waals surface area contributed by atoms with Crippen LogP contribution in [0.3, 0.4) is 0 Å². The van der Waals surface area contributed by atoms with Crippen LogP contribution < -0.4 is 5.32 Å². The molecule has 1 N–H and O–H groups in total. The van der Waals surface area contributed by atoms with E-state index in [1.807, 2.05) is 45.9 Å². The Morgan fingerprint density at radius 1 is 1.12 bits per heavy atom. The Labute approximate surface area is 106 Å². The normalized spacial score (nSPS) is 8.12. The molecule has 0 spiro atoms. The summed E-state index contributed by atoms with van der Waals surface area (Å²) >= 11 is 0. The molecule has 1 amide bonds. The number of benzene rings is 1. The maximum atomic E-state index is 10.9. The zero-order valence-corrected chi connectivity index (χ0v) is 12.1. The molecule has 0 aliphatic carbocycles. The molecular weight excluding hydrogens is 210 g/mol. The Bertz CT molecular complexity index is 295. The summed E-state index contributed by atoms with van der Waals surface area (Å²) in [5.41, 5.74) is 2.15. The Kier molecular flexibility index (Phi) is 13.6. The van der Waals surface area contributed by atoms with Gasteiger partial charge < -0.3 is 5.32 Å². The minimum atomic E-state index is -0.0106. The van der Waals surface area contributed by atoms with Gasteiger partial charge in [0.1, 0.15) is 0 Å². The molecule has 17 heavy (non-hydrogen) atoms. The van der Waals surface area contributed by atoms with Crippen molar-refractivity contribution in [2.45, 2.75) is 54.4 Å². The van der Waals surface area contributed by atoms with Gasteiger partial charge in [0, 0.05) is 12.6 Å². The summed E-state index contributed by atoms with van der Waals surface area (Å²) in [6, 6.07) is 7.92. The number of aryl methyl sites for hydroxylation is 1. The highest BCUT2D eigenvalue weighted by Crippen LogP contribution is 2.16. The van der Waals surface area contributed by atoms with Crippen molar-refractivity contribution in [3.8, 4) is 0 Å². The average Bonchev–Trinajstić information content (AvgIpc) is 2.36. The Morgan fingerprint density at radius 2 is 1.65 bits per heavy atom. The molecule has 2 heteroatoms. The van der Waals surface area contributed by atoms with E-state index in [1.165, 1.54) is 12.5 Å². The van der Waals surface area contributed by atoms with Gasteiger partial charge in [0.15, 0.2) is 0 Å². The number of nitrogens with one attached hydrogen (secondary N) is 1. The maximum absolute atomic E-state index is 10.9. The van der Waals surface area contributed by atoms with E-state index in [-0.39, 0.29) is 5.91 Å². The molecule has 0 bridgehead atoms. The molecule has 0 saturated heterocycles. The second-order valence-corrected chi connectivity index (χ2v) is 3.09. The Hall–Kier alpha value is -1.31. The second kappa shape index (κ2) is 12.8. The number of amides is 1. The molecule has 0 unspecified atom stereocenters. The van der Waals surface area contributed by atoms with Crippen molar-refractivity contribution < 1.29 is 4.79 Å². The number of carbonyl (C=O) groups excluding carboxylic acids is 1. The van der Waals surface area contributed by atoms with Crippen molar-refractivity contribution >= 4 is 11.6 Å². The quantitative estimate of drug-likeness (QED) is 0.814. The van der Waals surface area contributed by atoms with Crippen LogP contribution in [0.2, 0.25) is 0 Å². The highest BCUT2D eigenvalue weighted by Gasteiger charge is 2.00. The molecule has 1 rings (SSSR count). The summed E-state index contributed by atoms with van der Waals surface area (Å²) < 4.78 is 0. The predicted molar refractivity (Wildman–Crippen MR) is 77.4 cm³/mol. The van der Waals surface area contributed by atoms with Crippen molar-refractivity contribution in [1.29, 1.82) is 0 Å². The molecule has 0 saturated carbocycles. The minimum Gasteiger partial charge on any atom is -0.326 e. The molecule has 0 radical (unpaired) electrons. The first-order valence-electron chi connectivity index (χ1n) is 6.59. The van der Waals surface area contributed by atoms with Crippen LogP contribution in [0, 0.1) is 0 Å². The van der Waals surface area contributed by atoms with Crippen LogP contribution in [0.25, 0.3) is 0 Å². The maximum Gasteiger partial charge on any atom is 0.221 e. The number of anilines is 1. The van der Waals surface area contributed by atoms with E-state index in [0.29, 0.717) is 0 Å². The van der Waals surface area contributed by atoms with Crippen LogP contribution in [0.1, 0.15) is 53.5 Å². The number of hydrogen-bond acceptors (Lipinski definition) is 1. The van der Waals surface area contributed by atoms with Crippen LogP contribution in [-0.4, -0.2) is 5.91 Å². The lowest BCUT2D eigenvalue weighted by Crippen LogP contribution is -2.07. The summed E-state index contributed by atoms with van der Waals surface area (Å²) in [5.74, 6) is -0.0106.